The van der Waals surface area contributed by atoms with Gasteiger partial charge in [-0.25, -0.2) is 4.39 Å². The Morgan fingerprint density at radius 2 is 1.64 bits per heavy atom. The molecule has 188 valence electrons. The highest BCUT2D eigenvalue weighted by molar-refractivity contribution is 6.06. The third-order valence-corrected chi connectivity index (χ3v) is 8.02. The molecule has 0 bridgehead atoms. The number of piperidine rings is 1. The molecule has 1 N–H and O–H groups in total. The molecular weight excluding hydrogens is 453 g/mol. The molecule has 2 aliphatic rings. The summed E-state index contributed by atoms with van der Waals surface area (Å²) in [4.78, 5) is 32.3. The van der Waals surface area contributed by atoms with E-state index in [1.165, 1.54) is 0 Å². The summed E-state index contributed by atoms with van der Waals surface area (Å²) in [6.07, 6.45) is 7.47. The number of hydrogen-bond donors (Lipinski definition) is 1. The fraction of sp³-hybridized carbons (Fsp3) is 0.433. The van der Waals surface area contributed by atoms with Crippen LogP contribution in [0.3, 0.4) is 0 Å². The van der Waals surface area contributed by atoms with Crippen LogP contribution in [0.2, 0.25) is 0 Å². The number of pyridine rings is 1. The number of nitrogens with one attached hydrogen (secondary N) is 1. The van der Waals surface area contributed by atoms with E-state index in [0.717, 1.165) is 49.6 Å². The van der Waals surface area contributed by atoms with Crippen LogP contribution in [0.4, 0.5) is 4.39 Å². The summed E-state index contributed by atoms with van der Waals surface area (Å²) in [5.74, 6) is 0.232. The third-order valence-electron chi connectivity index (χ3n) is 8.02. The number of carbonyl (C=O) groups excluding carboxylic acids is 2. The first-order chi connectivity index (χ1) is 17.5. The fourth-order valence-corrected chi connectivity index (χ4v) is 5.72. The van der Waals surface area contributed by atoms with Gasteiger partial charge in [-0.05, 0) is 56.7 Å². The molecule has 5 nitrogen and oxygen atoms in total. The van der Waals surface area contributed by atoms with Crippen LogP contribution in [0.5, 0.6) is 0 Å². The number of amides is 1. The van der Waals surface area contributed by atoms with Crippen LogP contribution in [0.25, 0.3) is 10.9 Å². The van der Waals surface area contributed by atoms with Crippen molar-refractivity contribution >= 4 is 22.6 Å². The number of para-hydroxylation sites is 1. The predicted molar refractivity (Wildman–Crippen MR) is 140 cm³/mol. The summed E-state index contributed by atoms with van der Waals surface area (Å²) in [6, 6.07) is 18.5. The van der Waals surface area contributed by atoms with Gasteiger partial charge in [-0.1, -0.05) is 48.5 Å². The Hall–Kier alpha value is -3.12. The number of hydrogen-bond acceptors (Lipinski definition) is 4. The Morgan fingerprint density at radius 3 is 2.39 bits per heavy atom. The molecule has 1 saturated carbocycles. The molecular formula is C30H34FN3O2. The van der Waals surface area contributed by atoms with E-state index < -0.39 is 5.67 Å². The standard InChI is InChI=1S/C30H34FN3O2/c31-30(28(35)23-6-2-1-3-7-23)16-20-34(21-17-30)19-15-22-10-12-24(13-11-22)33-29(36)26-14-18-32-27-9-5-4-8-25(26)27/h1-9,14,18,22,24H,10-13,15-17,19-21H2,(H,33,36). The van der Waals surface area contributed by atoms with Crippen molar-refractivity contribution in [2.24, 2.45) is 5.92 Å². The molecule has 3 aromatic rings. The molecule has 1 aliphatic heterocycles. The Balaban J connectivity index is 1.05. The number of alkyl halides is 1. The van der Waals surface area contributed by atoms with E-state index in [2.05, 4.69) is 15.2 Å². The smallest absolute Gasteiger partial charge is 0.252 e. The molecule has 0 spiro atoms. The molecule has 2 aromatic carbocycles. The zero-order valence-electron chi connectivity index (χ0n) is 20.7. The van der Waals surface area contributed by atoms with E-state index >= 15 is 4.39 Å². The van der Waals surface area contributed by atoms with Gasteiger partial charge in [0.2, 0.25) is 0 Å². The van der Waals surface area contributed by atoms with E-state index in [1.807, 2.05) is 30.3 Å². The van der Waals surface area contributed by atoms with Crippen LogP contribution in [-0.2, 0) is 0 Å². The summed E-state index contributed by atoms with van der Waals surface area (Å²) >= 11 is 0. The second kappa shape index (κ2) is 10.9. The van der Waals surface area contributed by atoms with Gasteiger partial charge >= 0.3 is 0 Å². The summed E-state index contributed by atoms with van der Waals surface area (Å²) in [6.45, 7) is 2.20. The molecule has 1 saturated heterocycles. The van der Waals surface area contributed by atoms with Gasteiger partial charge in [0.25, 0.3) is 5.91 Å². The number of likely N-dealkylation sites (tertiary alicyclic amines) is 1. The summed E-state index contributed by atoms with van der Waals surface area (Å²) < 4.78 is 15.4. The molecule has 36 heavy (non-hydrogen) atoms. The van der Waals surface area contributed by atoms with Crippen LogP contribution in [0.15, 0.2) is 66.9 Å². The van der Waals surface area contributed by atoms with Gasteiger partial charge in [-0.3, -0.25) is 14.6 Å². The number of rotatable bonds is 7. The van der Waals surface area contributed by atoms with Gasteiger partial charge in [0.05, 0.1) is 11.1 Å². The normalized spacial score (nSPS) is 22.2. The number of aromatic nitrogens is 1. The molecule has 2 fully saturated rings. The van der Waals surface area contributed by atoms with Gasteiger partial charge in [0.15, 0.2) is 11.5 Å². The van der Waals surface area contributed by atoms with Crippen molar-refractivity contribution < 1.29 is 14.0 Å². The van der Waals surface area contributed by atoms with Crippen molar-refractivity contribution in [2.45, 2.75) is 56.7 Å². The van der Waals surface area contributed by atoms with Crippen LogP contribution < -0.4 is 5.32 Å². The minimum absolute atomic E-state index is 0.0230. The average Bonchev–Trinajstić information content (AvgIpc) is 2.93. The highest BCUT2D eigenvalue weighted by atomic mass is 19.1. The number of benzene rings is 2. The van der Waals surface area contributed by atoms with Crippen molar-refractivity contribution in [1.29, 1.82) is 0 Å². The zero-order valence-corrected chi connectivity index (χ0v) is 20.7. The lowest BCUT2D eigenvalue weighted by atomic mass is 9.83. The SMILES string of the molecule is O=C(NC1CCC(CCN2CCC(F)(C(=O)c3ccccc3)CC2)CC1)c1ccnc2ccccc12. The van der Waals surface area contributed by atoms with E-state index in [0.29, 0.717) is 30.1 Å². The van der Waals surface area contributed by atoms with Gasteiger partial charge in [-0.2, -0.15) is 0 Å². The van der Waals surface area contributed by atoms with Crippen LogP contribution in [0.1, 0.15) is 65.7 Å². The number of carbonyl (C=O) groups is 2. The van der Waals surface area contributed by atoms with Crippen molar-refractivity contribution in [3.8, 4) is 0 Å². The lowest BCUT2D eigenvalue weighted by Crippen LogP contribution is -2.47. The van der Waals surface area contributed by atoms with E-state index in [9.17, 15) is 9.59 Å². The molecule has 0 atom stereocenters. The van der Waals surface area contributed by atoms with Crippen molar-refractivity contribution in [2.75, 3.05) is 19.6 Å². The van der Waals surface area contributed by atoms with Crippen LogP contribution >= 0.6 is 0 Å². The highest BCUT2D eigenvalue weighted by Crippen LogP contribution is 2.32. The lowest BCUT2D eigenvalue weighted by Gasteiger charge is -2.36. The first kappa shape index (κ1) is 24.6. The number of nitrogens with zero attached hydrogens (tertiary/aromatic N) is 2. The first-order valence-electron chi connectivity index (χ1n) is 13.2. The Labute approximate surface area is 212 Å². The summed E-state index contributed by atoms with van der Waals surface area (Å²) in [7, 11) is 0. The average molecular weight is 488 g/mol. The molecule has 0 radical (unpaired) electrons. The number of ketones is 1. The zero-order chi connectivity index (χ0) is 25.0. The van der Waals surface area contributed by atoms with Crippen molar-refractivity contribution in [3.05, 3.63) is 78.0 Å². The van der Waals surface area contributed by atoms with Gasteiger partial charge < -0.3 is 10.2 Å². The third kappa shape index (κ3) is 5.49. The maximum atomic E-state index is 15.4. The minimum atomic E-state index is -1.74. The van der Waals surface area contributed by atoms with Gasteiger partial charge in [0, 0.05) is 49.1 Å². The first-order valence-corrected chi connectivity index (χ1v) is 13.2. The topological polar surface area (TPSA) is 62.3 Å². The maximum absolute atomic E-state index is 15.4. The summed E-state index contributed by atoms with van der Waals surface area (Å²) in [5, 5.41) is 4.12. The quantitative estimate of drug-likeness (QED) is 0.441. The van der Waals surface area contributed by atoms with E-state index in [1.54, 1.807) is 36.5 Å². The number of fused-ring (bicyclic) bond motifs is 1. The molecule has 1 amide bonds. The highest BCUT2D eigenvalue weighted by Gasteiger charge is 2.41. The largest absolute Gasteiger partial charge is 0.349 e. The Bertz CT molecular complexity index is 1190. The van der Waals surface area contributed by atoms with Crippen molar-refractivity contribution in [1.82, 2.24) is 15.2 Å². The van der Waals surface area contributed by atoms with E-state index in [4.69, 9.17) is 0 Å². The molecule has 2 heterocycles. The molecule has 1 aromatic heterocycles. The molecule has 5 rings (SSSR count). The van der Waals surface area contributed by atoms with E-state index in [-0.39, 0.29) is 30.6 Å². The second-order valence-electron chi connectivity index (χ2n) is 10.4. The van der Waals surface area contributed by atoms with Crippen LogP contribution in [-0.4, -0.2) is 52.9 Å². The number of halogens is 1. The number of Topliss-reactive ketones (excluding diaryl/α,β-unsaturated/α-hetero) is 1. The Kier molecular flexibility index (Phi) is 7.42. The predicted octanol–water partition coefficient (Wildman–Crippen LogP) is 5.60. The van der Waals surface area contributed by atoms with Gasteiger partial charge in [0.1, 0.15) is 0 Å². The monoisotopic (exact) mass is 487 g/mol. The minimum Gasteiger partial charge on any atom is -0.349 e. The maximum Gasteiger partial charge on any atom is 0.252 e. The molecule has 6 heteroatoms. The van der Waals surface area contributed by atoms with Crippen LogP contribution in [0, 0.1) is 5.92 Å². The Morgan fingerprint density at radius 1 is 0.944 bits per heavy atom. The molecule has 1 aliphatic carbocycles. The molecule has 0 unspecified atom stereocenters. The fourth-order valence-electron chi connectivity index (χ4n) is 5.72. The second-order valence-corrected chi connectivity index (χ2v) is 10.4. The lowest BCUT2D eigenvalue weighted by molar-refractivity contribution is 0.0404. The summed E-state index contributed by atoms with van der Waals surface area (Å²) in [5.41, 5.74) is 0.242. The van der Waals surface area contributed by atoms with Gasteiger partial charge in [-0.15, -0.1) is 0 Å². The van der Waals surface area contributed by atoms with Crippen molar-refractivity contribution in [3.63, 3.8) is 0 Å².